The van der Waals surface area contributed by atoms with Crippen LogP contribution in [0.5, 0.6) is 0 Å². The van der Waals surface area contributed by atoms with Gasteiger partial charge in [0.15, 0.2) is 5.82 Å². The van der Waals surface area contributed by atoms with Crippen molar-refractivity contribution in [2.75, 3.05) is 0 Å². The summed E-state index contributed by atoms with van der Waals surface area (Å²) in [6.07, 6.45) is -4.95. The van der Waals surface area contributed by atoms with E-state index in [9.17, 15) is 18.0 Å². The van der Waals surface area contributed by atoms with Crippen LogP contribution in [0.3, 0.4) is 0 Å². The number of carbonyl (C=O) groups is 1. The molecule has 0 radical (unpaired) electrons. The monoisotopic (exact) mass is 295 g/mol. The van der Waals surface area contributed by atoms with Crippen LogP contribution in [0.1, 0.15) is 39.4 Å². The molecule has 1 rings (SSSR count). The fraction of sp³-hybridized carbons (Fsp3) is 0.727. The lowest BCUT2D eigenvalue weighted by molar-refractivity contribution is -0.206. The predicted molar refractivity (Wildman–Crippen MR) is 61.9 cm³/mol. The van der Waals surface area contributed by atoms with Crippen molar-refractivity contribution >= 4 is 5.97 Å². The van der Waals surface area contributed by atoms with Crippen molar-refractivity contribution in [2.24, 2.45) is 0 Å². The van der Waals surface area contributed by atoms with E-state index < -0.39 is 29.6 Å². The van der Waals surface area contributed by atoms with Crippen LogP contribution in [0.4, 0.5) is 13.2 Å². The summed E-state index contributed by atoms with van der Waals surface area (Å²) in [5.41, 5.74) is -3.49. The molecule has 0 saturated carbocycles. The van der Waals surface area contributed by atoms with E-state index in [0.29, 0.717) is 12.7 Å². The highest BCUT2D eigenvalue weighted by atomic mass is 19.4. The normalized spacial score (nSPS) is 15.9. The first-order chi connectivity index (χ1) is 8.88. The molecule has 6 nitrogen and oxygen atoms in total. The van der Waals surface area contributed by atoms with Gasteiger partial charge in [-0.3, -0.25) is 5.32 Å². The average Bonchev–Trinajstić information content (AvgIpc) is 2.71. The maximum atomic E-state index is 12.7. The molecule has 1 aromatic heterocycles. The second-order valence-electron chi connectivity index (χ2n) is 5.54. The number of aromatic nitrogens is 2. The van der Waals surface area contributed by atoms with Crippen molar-refractivity contribution in [3.05, 3.63) is 11.7 Å². The molecule has 0 aliphatic heterocycles. The van der Waals surface area contributed by atoms with Crippen LogP contribution < -0.4 is 5.32 Å². The topological polar surface area (TPSA) is 88.2 Å². The molecule has 0 aromatic carbocycles. The van der Waals surface area contributed by atoms with Crippen LogP contribution in [-0.2, 0) is 16.8 Å². The van der Waals surface area contributed by atoms with E-state index in [4.69, 9.17) is 9.63 Å². The number of hydrogen-bond donors (Lipinski definition) is 2. The first-order valence-electron chi connectivity index (χ1n) is 5.76. The number of halogens is 3. The maximum Gasteiger partial charge on any atom is 0.417 e. The Morgan fingerprint density at radius 2 is 1.85 bits per heavy atom. The van der Waals surface area contributed by atoms with Gasteiger partial charge in [0.2, 0.25) is 11.4 Å². The highest BCUT2D eigenvalue weighted by Crippen LogP contribution is 2.30. The minimum atomic E-state index is -4.95. The first-order valence-corrected chi connectivity index (χ1v) is 5.76. The highest BCUT2D eigenvalue weighted by Gasteiger charge is 2.57. The SMILES string of the molecule is CC(C)(C)c1noc(CNC(C)(C(=O)O)C(F)(F)F)n1. The largest absolute Gasteiger partial charge is 0.480 e. The molecule has 0 saturated heterocycles. The molecule has 1 unspecified atom stereocenters. The van der Waals surface area contributed by atoms with Gasteiger partial charge in [0.05, 0.1) is 6.54 Å². The lowest BCUT2D eigenvalue weighted by atomic mass is 9.96. The Balaban J connectivity index is 2.85. The molecule has 1 heterocycles. The molecule has 0 amide bonds. The minimum absolute atomic E-state index is 0.105. The van der Waals surface area contributed by atoms with Gasteiger partial charge in [0, 0.05) is 5.41 Å². The predicted octanol–water partition coefficient (Wildman–Crippen LogP) is 1.86. The van der Waals surface area contributed by atoms with Crippen molar-refractivity contribution in [1.29, 1.82) is 0 Å². The Hall–Kier alpha value is -1.64. The van der Waals surface area contributed by atoms with Gasteiger partial charge >= 0.3 is 12.1 Å². The van der Waals surface area contributed by atoms with Crippen LogP contribution in [0.15, 0.2) is 4.52 Å². The van der Waals surface area contributed by atoms with Crippen LogP contribution >= 0.6 is 0 Å². The number of alkyl halides is 3. The van der Waals surface area contributed by atoms with E-state index in [2.05, 4.69) is 10.1 Å². The van der Waals surface area contributed by atoms with Gasteiger partial charge in [-0.25, -0.2) is 4.79 Å². The van der Waals surface area contributed by atoms with Gasteiger partial charge in [0.25, 0.3) is 0 Å². The first kappa shape index (κ1) is 16.4. The molecule has 114 valence electrons. The number of hydrogen-bond acceptors (Lipinski definition) is 5. The van der Waals surface area contributed by atoms with Crippen molar-refractivity contribution in [1.82, 2.24) is 15.5 Å². The van der Waals surface area contributed by atoms with Gasteiger partial charge in [0.1, 0.15) is 0 Å². The number of rotatable bonds is 4. The highest BCUT2D eigenvalue weighted by molar-refractivity contribution is 5.79. The second kappa shape index (κ2) is 5.04. The van der Waals surface area contributed by atoms with Gasteiger partial charge in [-0.05, 0) is 6.92 Å². The Labute approximate surface area is 113 Å². The third-order valence-corrected chi connectivity index (χ3v) is 2.73. The van der Waals surface area contributed by atoms with Crippen LogP contribution in [0.2, 0.25) is 0 Å². The maximum absolute atomic E-state index is 12.7. The van der Waals surface area contributed by atoms with E-state index in [1.807, 2.05) is 26.1 Å². The number of carboxylic acids is 1. The summed E-state index contributed by atoms with van der Waals surface area (Å²) < 4.78 is 43.0. The summed E-state index contributed by atoms with van der Waals surface area (Å²) in [6.45, 7) is 5.48. The van der Waals surface area contributed by atoms with Crippen molar-refractivity contribution in [2.45, 2.75) is 51.4 Å². The molecule has 0 bridgehead atoms. The zero-order valence-electron chi connectivity index (χ0n) is 11.5. The third kappa shape index (κ3) is 3.27. The van der Waals surface area contributed by atoms with Crippen molar-refractivity contribution in [3.63, 3.8) is 0 Å². The zero-order chi connectivity index (χ0) is 15.8. The summed E-state index contributed by atoms with van der Waals surface area (Å²) in [6, 6.07) is 0. The molecule has 0 aliphatic carbocycles. The van der Waals surface area contributed by atoms with E-state index in [-0.39, 0.29) is 5.89 Å². The van der Waals surface area contributed by atoms with E-state index in [0.717, 1.165) is 0 Å². The lowest BCUT2D eigenvalue weighted by Gasteiger charge is -2.27. The molecule has 9 heteroatoms. The summed E-state index contributed by atoms with van der Waals surface area (Å²) in [5.74, 6) is -1.80. The molecule has 2 N–H and O–H groups in total. The molecule has 0 aliphatic rings. The van der Waals surface area contributed by atoms with Crippen LogP contribution in [-0.4, -0.2) is 32.9 Å². The summed E-state index contributed by atoms with van der Waals surface area (Å²) in [7, 11) is 0. The van der Waals surface area contributed by atoms with E-state index >= 15 is 0 Å². The standard InChI is InChI=1S/C11H16F3N3O3/c1-9(2,3)7-16-6(20-17-7)5-15-10(4,8(18)19)11(12,13)14/h15H,5H2,1-4H3,(H,18,19). The molecular formula is C11H16F3N3O3. The number of nitrogens with zero attached hydrogens (tertiary/aromatic N) is 2. The summed E-state index contributed by atoms with van der Waals surface area (Å²) in [5, 5.41) is 14.3. The molecule has 1 aromatic rings. The summed E-state index contributed by atoms with van der Waals surface area (Å²) in [4.78, 5) is 14.7. The molecule has 0 spiro atoms. The average molecular weight is 295 g/mol. The Kier molecular flexibility index (Phi) is 4.14. The fourth-order valence-electron chi connectivity index (χ4n) is 1.18. The quantitative estimate of drug-likeness (QED) is 0.881. The summed E-state index contributed by atoms with van der Waals surface area (Å²) >= 11 is 0. The van der Waals surface area contributed by atoms with Crippen molar-refractivity contribution in [3.8, 4) is 0 Å². The number of nitrogens with one attached hydrogen (secondary N) is 1. The van der Waals surface area contributed by atoms with Gasteiger partial charge < -0.3 is 9.63 Å². The Morgan fingerprint density at radius 3 is 2.20 bits per heavy atom. The smallest absolute Gasteiger partial charge is 0.417 e. The van der Waals surface area contributed by atoms with E-state index in [1.165, 1.54) is 0 Å². The Morgan fingerprint density at radius 1 is 1.30 bits per heavy atom. The Bertz CT molecular complexity index is 493. The molecule has 1 atom stereocenters. The molecule has 0 fully saturated rings. The number of carboxylic acid groups (broad SMARTS) is 1. The van der Waals surface area contributed by atoms with Gasteiger partial charge in [-0.15, -0.1) is 0 Å². The molecular weight excluding hydrogens is 279 g/mol. The second-order valence-corrected chi connectivity index (χ2v) is 5.54. The zero-order valence-corrected chi connectivity index (χ0v) is 11.5. The number of aliphatic carboxylic acids is 1. The van der Waals surface area contributed by atoms with Gasteiger partial charge in [-0.1, -0.05) is 25.9 Å². The van der Waals surface area contributed by atoms with Gasteiger partial charge in [-0.2, -0.15) is 18.2 Å². The molecule has 20 heavy (non-hydrogen) atoms. The van der Waals surface area contributed by atoms with Crippen molar-refractivity contribution < 1.29 is 27.6 Å². The van der Waals surface area contributed by atoms with Crippen LogP contribution in [0, 0.1) is 0 Å². The van der Waals surface area contributed by atoms with E-state index in [1.54, 1.807) is 0 Å². The minimum Gasteiger partial charge on any atom is -0.480 e. The third-order valence-electron chi connectivity index (χ3n) is 2.73. The lowest BCUT2D eigenvalue weighted by Crippen LogP contribution is -2.59. The fourth-order valence-corrected chi connectivity index (χ4v) is 1.18. The van der Waals surface area contributed by atoms with Crippen LogP contribution in [0.25, 0.3) is 0 Å².